The van der Waals surface area contributed by atoms with Crippen molar-refractivity contribution in [3.63, 3.8) is 0 Å². The minimum atomic E-state index is 0.159. The Bertz CT molecular complexity index is 459. The van der Waals surface area contributed by atoms with E-state index in [1.54, 1.807) is 0 Å². The van der Waals surface area contributed by atoms with Gasteiger partial charge in [0.2, 0.25) is 0 Å². The SMILES string of the molecule is C=C(NCCCC)C(CNCC)n1c(=C)ccc1=C. The lowest BCUT2D eigenvalue weighted by molar-refractivity contribution is 0.479. The van der Waals surface area contributed by atoms with Crippen molar-refractivity contribution in [2.24, 2.45) is 0 Å². The predicted octanol–water partition coefficient (Wildman–Crippen LogP) is 1.36. The van der Waals surface area contributed by atoms with Gasteiger partial charge in [-0.15, -0.1) is 0 Å². The standard InChI is InChI=1S/C16H27N3/c1-6-8-11-18-15(5)16(12-17-7-2)19-13(3)9-10-14(19)4/h9-10,16-18H,3-8,11-12H2,1-2H3. The van der Waals surface area contributed by atoms with Crippen LogP contribution in [0.15, 0.2) is 24.4 Å². The van der Waals surface area contributed by atoms with Crippen LogP contribution in [0.5, 0.6) is 0 Å². The maximum absolute atomic E-state index is 4.19. The number of nitrogens with one attached hydrogen (secondary N) is 2. The molecule has 0 aliphatic rings. The maximum atomic E-state index is 4.19. The van der Waals surface area contributed by atoms with Crippen molar-refractivity contribution >= 4 is 13.2 Å². The molecular formula is C16H27N3. The lowest BCUT2D eigenvalue weighted by atomic mass is 10.2. The summed E-state index contributed by atoms with van der Waals surface area (Å²) in [6.07, 6.45) is 2.34. The first-order valence-electron chi connectivity index (χ1n) is 7.10. The Morgan fingerprint density at radius 2 is 1.89 bits per heavy atom. The first-order valence-corrected chi connectivity index (χ1v) is 7.10. The van der Waals surface area contributed by atoms with Crippen LogP contribution in [0, 0.1) is 0 Å². The molecular weight excluding hydrogens is 234 g/mol. The molecule has 0 amide bonds. The molecule has 0 saturated heterocycles. The second kappa shape index (κ2) is 7.85. The summed E-state index contributed by atoms with van der Waals surface area (Å²) in [5, 5.41) is 8.77. The third-order valence-corrected chi connectivity index (χ3v) is 3.27. The Labute approximate surface area is 116 Å². The number of unbranched alkanes of at least 4 members (excludes halogenated alkanes) is 1. The smallest absolute Gasteiger partial charge is 0.0854 e. The van der Waals surface area contributed by atoms with Gasteiger partial charge in [0.05, 0.1) is 6.04 Å². The minimum Gasteiger partial charge on any atom is -0.387 e. The maximum Gasteiger partial charge on any atom is 0.0854 e. The van der Waals surface area contributed by atoms with Gasteiger partial charge in [0.15, 0.2) is 0 Å². The van der Waals surface area contributed by atoms with Crippen LogP contribution < -0.4 is 21.3 Å². The monoisotopic (exact) mass is 261 g/mol. The van der Waals surface area contributed by atoms with Gasteiger partial charge in [-0.25, -0.2) is 0 Å². The van der Waals surface area contributed by atoms with Crippen LogP contribution in [0.4, 0.5) is 0 Å². The molecule has 2 N–H and O–H groups in total. The third-order valence-electron chi connectivity index (χ3n) is 3.27. The van der Waals surface area contributed by atoms with Crippen molar-refractivity contribution < 1.29 is 0 Å². The quantitative estimate of drug-likeness (QED) is 0.657. The molecule has 1 aromatic rings. The molecule has 1 aromatic heterocycles. The Balaban J connectivity index is 2.86. The molecule has 0 bridgehead atoms. The summed E-state index contributed by atoms with van der Waals surface area (Å²) in [4.78, 5) is 0. The predicted molar refractivity (Wildman–Crippen MR) is 84.4 cm³/mol. The first kappa shape index (κ1) is 15.6. The lowest BCUT2D eigenvalue weighted by Crippen LogP contribution is -2.39. The van der Waals surface area contributed by atoms with Crippen LogP contribution in [0.25, 0.3) is 13.2 Å². The molecule has 0 radical (unpaired) electrons. The molecule has 1 heterocycles. The Morgan fingerprint density at radius 1 is 1.26 bits per heavy atom. The molecule has 106 valence electrons. The summed E-state index contributed by atoms with van der Waals surface area (Å²) < 4.78 is 2.14. The molecule has 0 saturated carbocycles. The van der Waals surface area contributed by atoms with E-state index in [9.17, 15) is 0 Å². The molecule has 1 unspecified atom stereocenters. The zero-order valence-corrected chi connectivity index (χ0v) is 12.3. The highest BCUT2D eigenvalue weighted by Crippen LogP contribution is 2.09. The van der Waals surface area contributed by atoms with E-state index >= 15 is 0 Å². The third kappa shape index (κ3) is 4.28. The van der Waals surface area contributed by atoms with Crippen LogP contribution in [0.2, 0.25) is 0 Å². The van der Waals surface area contributed by atoms with Gasteiger partial charge < -0.3 is 15.2 Å². The van der Waals surface area contributed by atoms with Crippen molar-refractivity contribution in [3.05, 3.63) is 35.1 Å². The molecule has 1 atom stereocenters. The zero-order chi connectivity index (χ0) is 14.3. The van der Waals surface area contributed by atoms with Crippen LogP contribution in [0.1, 0.15) is 32.7 Å². The number of likely N-dealkylation sites (N-methyl/N-ethyl adjacent to an activating group) is 1. The van der Waals surface area contributed by atoms with Crippen molar-refractivity contribution in [2.45, 2.75) is 32.7 Å². The van der Waals surface area contributed by atoms with Crippen LogP contribution in [0.3, 0.4) is 0 Å². The highest BCUT2D eigenvalue weighted by atomic mass is 15.1. The van der Waals surface area contributed by atoms with Gasteiger partial charge in [-0.2, -0.15) is 0 Å². The van der Waals surface area contributed by atoms with E-state index in [1.807, 2.05) is 12.1 Å². The molecule has 0 aliphatic carbocycles. The molecule has 3 heteroatoms. The molecule has 3 nitrogen and oxygen atoms in total. The van der Waals surface area contributed by atoms with Crippen LogP contribution in [-0.2, 0) is 0 Å². The van der Waals surface area contributed by atoms with E-state index in [4.69, 9.17) is 0 Å². The summed E-state index contributed by atoms with van der Waals surface area (Å²) in [7, 11) is 0. The number of hydrogen-bond donors (Lipinski definition) is 2. The molecule has 0 aromatic carbocycles. The van der Waals surface area contributed by atoms with Crippen LogP contribution >= 0.6 is 0 Å². The highest BCUT2D eigenvalue weighted by Gasteiger charge is 2.14. The normalized spacial score (nSPS) is 12.3. The number of nitrogens with zero attached hydrogens (tertiary/aromatic N) is 1. The van der Waals surface area contributed by atoms with Gasteiger partial charge in [-0.3, -0.25) is 0 Å². The van der Waals surface area contributed by atoms with E-state index in [0.717, 1.165) is 42.5 Å². The van der Waals surface area contributed by atoms with Crippen LogP contribution in [-0.4, -0.2) is 24.2 Å². The number of hydrogen-bond acceptors (Lipinski definition) is 2. The van der Waals surface area contributed by atoms with Gasteiger partial charge in [0, 0.05) is 29.5 Å². The summed E-state index contributed by atoms with van der Waals surface area (Å²) in [5.74, 6) is 0. The van der Waals surface area contributed by atoms with Gasteiger partial charge in [0.1, 0.15) is 0 Å². The second-order valence-electron chi connectivity index (χ2n) is 4.82. The average Bonchev–Trinajstić information content (AvgIpc) is 2.71. The Kier molecular flexibility index (Phi) is 6.43. The fraction of sp³-hybridized carbons (Fsp3) is 0.500. The van der Waals surface area contributed by atoms with Gasteiger partial charge in [0.25, 0.3) is 0 Å². The highest BCUT2D eigenvalue weighted by molar-refractivity contribution is 5.15. The van der Waals surface area contributed by atoms with E-state index in [-0.39, 0.29) is 6.04 Å². The largest absolute Gasteiger partial charge is 0.387 e. The summed E-state index contributed by atoms with van der Waals surface area (Å²) in [5.41, 5.74) is 1.03. The summed E-state index contributed by atoms with van der Waals surface area (Å²) in [6, 6.07) is 4.16. The van der Waals surface area contributed by atoms with Gasteiger partial charge >= 0.3 is 0 Å². The molecule has 0 spiro atoms. The molecule has 19 heavy (non-hydrogen) atoms. The summed E-state index contributed by atoms with van der Waals surface area (Å²) in [6.45, 7) is 19.4. The summed E-state index contributed by atoms with van der Waals surface area (Å²) >= 11 is 0. The van der Waals surface area contributed by atoms with E-state index in [2.05, 4.69) is 48.8 Å². The van der Waals surface area contributed by atoms with Crippen molar-refractivity contribution in [2.75, 3.05) is 19.6 Å². The molecule has 1 rings (SSSR count). The average molecular weight is 261 g/mol. The van der Waals surface area contributed by atoms with Gasteiger partial charge in [-0.05, 0) is 25.1 Å². The van der Waals surface area contributed by atoms with E-state index < -0.39 is 0 Å². The fourth-order valence-corrected chi connectivity index (χ4v) is 2.13. The molecule has 0 aliphatic heterocycles. The number of aromatic nitrogens is 1. The lowest BCUT2D eigenvalue weighted by Gasteiger charge is -2.24. The van der Waals surface area contributed by atoms with E-state index in [1.165, 1.54) is 6.42 Å². The zero-order valence-electron chi connectivity index (χ0n) is 12.3. The first-order chi connectivity index (χ1) is 9.11. The number of rotatable bonds is 9. The van der Waals surface area contributed by atoms with Crippen molar-refractivity contribution in [1.82, 2.24) is 15.2 Å². The minimum absolute atomic E-state index is 0.159. The van der Waals surface area contributed by atoms with Crippen molar-refractivity contribution in [1.29, 1.82) is 0 Å². The Hall–Kier alpha value is -1.48. The Morgan fingerprint density at radius 3 is 2.42 bits per heavy atom. The van der Waals surface area contributed by atoms with Gasteiger partial charge in [-0.1, -0.05) is 40.0 Å². The van der Waals surface area contributed by atoms with Crippen molar-refractivity contribution in [3.8, 4) is 0 Å². The molecule has 0 fully saturated rings. The van der Waals surface area contributed by atoms with E-state index in [0.29, 0.717) is 0 Å². The topological polar surface area (TPSA) is 29.0 Å². The second-order valence-corrected chi connectivity index (χ2v) is 4.82. The fourth-order valence-electron chi connectivity index (χ4n) is 2.13.